The van der Waals surface area contributed by atoms with Crippen LogP contribution in [0.2, 0.25) is 5.02 Å². The van der Waals surface area contributed by atoms with E-state index in [-0.39, 0.29) is 27.9 Å². The second kappa shape index (κ2) is 9.66. The average Bonchev–Trinajstić information content (AvgIpc) is 3.27. The molecule has 1 aliphatic rings. The van der Waals surface area contributed by atoms with Gasteiger partial charge in [0.15, 0.2) is 0 Å². The second-order valence-electron chi connectivity index (χ2n) is 7.80. The zero-order chi connectivity index (χ0) is 22.7. The Balaban J connectivity index is 1.47. The van der Waals surface area contributed by atoms with Crippen LogP contribution in [0, 0.1) is 5.92 Å². The molecule has 0 spiro atoms. The van der Waals surface area contributed by atoms with E-state index in [9.17, 15) is 13.2 Å². The van der Waals surface area contributed by atoms with Gasteiger partial charge in [0.05, 0.1) is 17.3 Å². The molecule has 0 radical (unpaired) electrons. The summed E-state index contributed by atoms with van der Waals surface area (Å²) < 4.78 is 27.7. The number of nitrogens with one attached hydrogen (secondary N) is 1. The van der Waals surface area contributed by atoms with Crippen molar-refractivity contribution in [3.05, 3.63) is 63.7 Å². The van der Waals surface area contributed by atoms with E-state index < -0.39 is 10.0 Å². The topological polar surface area (TPSA) is 92.3 Å². The van der Waals surface area contributed by atoms with Crippen LogP contribution < -0.4 is 5.32 Å². The second-order valence-corrected chi connectivity index (χ2v) is 11.1. The predicted octanol–water partition coefficient (Wildman–Crippen LogP) is 4.21. The monoisotopic (exact) mass is 490 g/mol. The van der Waals surface area contributed by atoms with E-state index in [1.54, 1.807) is 12.4 Å². The van der Waals surface area contributed by atoms with E-state index in [2.05, 4.69) is 15.3 Å². The number of halogens is 1. The van der Waals surface area contributed by atoms with Crippen molar-refractivity contribution in [1.29, 1.82) is 0 Å². The summed E-state index contributed by atoms with van der Waals surface area (Å²) >= 11 is 7.67. The molecule has 1 saturated heterocycles. The van der Waals surface area contributed by atoms with Gasteiger partial charge in [-0.2, -0.15) is 4.31 Å². The van der Waals surface area contributed by atoms with Crippen LogP contribution in [0.1, 0.15) is 35.1 Å². The van der Waals surface area contributed by atoms with Crippen molar-refractivity contribution in [2.24, 2.45) is 5.92 Å². The Hall–Kier alpha value is -2.33. The third kappa shape index (κ3) is 5.01. The van der Waals surface area contributed by atoms with Crippen LogP contribution in [0.4, 0.5) is 0 Å². The highest BCUT2D eigenvalue weighted by Crippen LogP contribution is 2.29. The number of pyridine rings is 1. The van der Waals surface area contributed by atoms with Crippen LogP contribution in [-0.4, -0.2) is 41.7 Å². The maximum absolute atomic E-state index is 13.1. The van der Waals surface area contributed by atoms with Crippen LogP contribution in [0.15, 0.2) is 53.0 Å². The molecule has 1 aliphatic heterocycles. The zero-order valence-electron chi connectivity index (χ0n) is 17.5. The van der Waals surface area contributed by atoms with Crippen molar-refractivity contribution in [1.82, 2.24) is 19.6 Å². The van der Waals surface area contributed by atoms with Crippen LogP contribution in [0.25, 0.3) is 11.3 Å². The van der Waals surface area contributed by atoms with E-state index >= 15 is 0 Å². The van der Waals surface area contributed by atoms with Crippen LogP contribution in [0.5, 0.6) is 0 Å². The molecule has 1 unspecified atom stereocenters. The number of hydrogen-bond donors (Lipinski definition) is 1. The average molecular weight is 491 g/mol. The molecule has 1 atom stereocenters. The number of hydrogen-bond acceptors (Lipinski definition) is 6. The van der Waals surface area contributed by atoms with Crippen molar-refractivity contribution < 1.29 is 13.2 Å². The van der Waals surface area contributed by atoms with Gasteiger partial charge >= 0.3 is 0 Å². The van der Waals surface area contributed by atoms with Crippen LogP contribution in [0.3, 0.4) is 0 Å². The fourth-order valence-corrected chi connectivity index (χ4v) is 6.49. The standard InChI is InChI=1S/C22H23ClN4O3S2/c1-15-3-2-10-27(13-15)32(29,30)20-11-17(4-5-18(20)23)22(28)25-12-21-26-19(14-31-21)16-6-8-24-9-7-16/h4-9,11,14-15H,2-3,10,12-13H2,1H3,(H,25,28). The molecule has 10 heteroatoms. The number of aromatic nitrogens is 2. The molecule has 32 heavy (non-hydrogen) atoms. The van der Waals surface area contributed by atoms with E-state index in [4.69, 9.17) is 11.6 Å². The van der Waals surface area contributed by atoms with Gasteiger partial charge in [-0.3, -0.25) is 9.78 Å². The summed E-state index contributed by atoms with van der Waals surface area (Å²) in [6.45, 7) is 3.19. The fourth-order valence-electron chi connectivity index (χ4n) is 3.65. The Bertz CT molecular complexity index is 1210. The first-order valence-electron chi connectivity index (χ1n) is 10.3. The molecule has 1 aromatic carbocycles. The first-order chi connectivity index (χ1) is 15.3. The molecule has 3 heterocycles. The summed E-state index contributed by atoms with van der Waals surface area (Å²) in [6, 6.07) is 8.09. The normalized spacial score (nSPS) is 17.2. The molecular weight excluding hydrogens is 468 g/mol. The number of benzene rings is 1. The maximum Gasteiger partial charge on any atom is 0.251 e. The number of thiazole rings is 1. The lowest BCUT2D eigenvalue weighted by molar-refractivity contribution is 0.0950. The van der Waals surface area contributed by atoms with Gasteiger partial charge in [0.2, 0.25) is 10.0 Å². The molecular formula is C22H23ClN4O3S2. The highest BCUT2D eigenvalue weighted by Gasteiger charge is 2.31. The fraction of sp³-hybridized carbons (Fsp3) is 0.318. The third-order valence-corrected chi connectivity index (χ3v) is 8.55. The first-order valence-corrected chi connectivity index (χ1v) is 13.0. The van der Waals surface area contributed by atoms with Gasteiger partial charge in [-0.1, -0.05) is 18.5 Å². The van der Waals surface area contributed by atoms with Gasteiger partial charge in [0, 0.05) is 42.0 Å². The molecule has 1 amide bonds. The summed E-state index contributed by atoms with van der Waals surface area (Å²) in [4.78, 5) is 21.2. The molecule has 3 aromatic rings. The molecule has 1 fully saturated rings. The van der Waals surface area contributed by atoms with Crippen molar-refractivity contribution >= 4 is 38.9 Å². The summed E-state index contributed by atoms with van der Waals surface area (Å²) in [5, 5.41) is 5.59. The van der Waals surface area contributed by atoms with E-state index in [0.29, 0.717) is 19.0 Å². The highest BCUT2D eigenvalue weighted by molar-refractivity contribution is 7.89. The van der Waals surface area contributed by atoms with E-state index in [1.165, 1.54) is 33.8 Å². The van der Waals surface area contributed by atoms with Gasteiger partial charge in [0.25, 0.3) is 5.91 Å². The summed E-state index contributed by atoms with van der Waals surface area (Å²) in [5.74, 6) is -0.0927. The van der Waals surface area contributed by atoms with Crippen molar-refractivity contribution in [2.75, 3.05) is 13.1 Å². The van der Waals surface area contributed by atoms with Crippen molar-refractivity contribution in [3.8, 4) is 11.3 Å². The number of carbonyl (C=O) groups is 1. The van der Waals surface area contributed by atoms with Gasteiger partial charge in [-0.25, -0.2) is 13.4 Å². The lowest BCUT2D eigenvalue weighted by Crippen LogP contribution is -2.39. The predicted molar refractivity (Wildman–Crippen MR) is 125 cm³/mol. The smallest absolute Gasteiger partial charge is 0.251 e. The quantitative estimate of drug-likeness (QED) is 0.558. The molecule has 168 valence electrons. The van der Waals surface area contributed by atoms with Crippen LogP contribution in [-0.2, 0) is 16.6 Å². The largest absolute Gasteiger partial charge is 0.346 e. The number of rotatable bonds is 6. The maximum atomic E-state index is 13.1. The minimum atomic E-state index is -3.77. The Morgan fingerprint density at radius 3 is 2.81 bits per heavy atom. The zero-order valence-corrected chi connectivity index (χ0v) is 19.9. The van der Waals surface area contributed by atoms with Gasteiger partial charge < -0.3 is 5.32 Å². The molecule has 7 nitrogen and oxygen atoms in total. The molecule has 2 aromatic heterocycles. The van der Waals surface area contributed by atoms with Crippen molar-refractivity contribution in [2.45, 2.75) is 31.2 Å². The number of nitrogens with zero attached hydrogens (tertiary/aromatic N) is 3. The molecule has 0 saturated carbocycles. The number of sulfonamides is 1. The first kappa shape index (κ1) is 22.8. The Morgan fingerprint density at radius 2 is 2.06 bits per heavy atom. The summed E-state index contributed by atoms with van der Waals surface area (Å²) in [6.07, 6.45) is 5.22. The number of carbonyl (C=O) groups excluding carboxylic acids is 1. The number of piperidine rings is 1. The number of amides is 1. The van der Waals surface area contributed by atoms with E-state index in [0.717, 1.165) is 29.1 Å². The summed E-state index contributed by atoms with van der Waals surface area (Å²) in [5.41, 5.74) is 2.01. The lowest BCUT2D eigenvalue weighted by Gasteiger charge is -2.30. The minimum Gasteiger partial charge on any atom is -0.346 e. The molecule has 0 aliphatic carbocycles. The SMILES string of the molecule is CC1CCCN(S(=O)(=O)c2cc(C(=O)NCc3nc(-c4ccncc4)cs3)ccc2Cl)C1. The Labute approximate surface area is 196 Å². The molecule has 4 rings (SSSR count). The third-order valence-electron chi connectivity index (χ3n) is 5.36. The van der Waals surface area contributed by atoms with Crippen LogP contribution >= 0.6 is 22.9 Å². The minimum absolute atomic E-state index is 0.0323. The summed E-state index contributed by atoms with van der Waals surface area (Å²) in [7, 11) is -3.77. The van der Waals surface area contributed by atoms with Gasteiger partial charge in [-0.05, 0) is 49.1 Å². The highest BCUT2D eigenvalue weighted by atomic mass is 35.5. The molecule has 0 bridgehead atoms. The molecule has 1 N–H and O–H groups in total. The Morgan fingerprint density at radius 1 is 1.28 bits per heavy atom. The van der Waals surface area contributed by atoms with E-state index in [1.807, 2.05) is 24.4 Å². The lowest BCUT2D eigenvalue weighted by atomic mass is 10.0. The van der Waals surface area contributed by atoms with Gasteiger partial charge in [0.1, 0.15) is 9.90 Å². The van der Waals surface area contributed by atoms with Crippen molar-refractivity contribution in [3.63, 3.8) is 0 Å². The van der Waals surface area contributed by atoms with Gasteiger partial charge in [-0.15, -0.1) is 11.3 Å². The Kier molecular flexibility index (Phi) is 6.90.